The van der Waals surface area contributed by atoms with E-state index in [1.54, 1.807) is 0 Å². The molecular formula is C69H134O17P2. The second kappa shape index (κ2) is 60.0. The zero-order chi connectivity index (χ0) is 65.2. The van der Waals surface area contributed by atoms with Crippen molar-refractivity contribution in [3.8, 4) is 0 Å². The molecule has 17 nitrogen and oxygen atoms in total. The number of carbonyl (C=O) groups excluding carboxylic acids is 4. The maximum atomic E-state index is 13.0. The van der Waals surface area contributed by atoms with Gasteiger partial charge in [0.2, 0.25) is 0 Å². The van der Waals surface area contributed by atoms with E-state index in [2.05, 4.69) is 48.5 Å². The van der Waals surface area contributed by atoms with E-state index in [0.29, 0.717) is 25.7 Å². The molecule has 5 atom stereocenters. The fraction of sp³-hybridized carbons (Fsp3) is 0.942. The Kier molecular flexibility index (Phi) is 58.7. The van der Waals surface area contributed by atoms with Gasteiger partial charge in [-0.15, -0.1) is 0 Å². The molecule has 3 N–H and O–H groups in total. The number of hydrogen-bond acceptors (Lipinski definition) is 15. The SMILES string of the molecule is CCCCCCCCCCCCCC(=O)OC[C@H](COP(=O)(O)OC[C@H](O)COP(=O)(O)OC[C@@H](COC(=O)CCCCCCCCCCCC(C)C)OC(=O)CCCCCCCCCCCCC(C)C)OC(=O)CCCCCCCCCCCC(C)C. The predicted molar refractivity (Wildman–Crippen MR) is 354 cm³/mol. The lowest BCUT2D eigenvalue weighted by molar-refractivity contribution is -0.161. The van der Waals surface area contributed by atoms with Crippen molar-refractivity contribution in [2.45, 2.75) is 362 Å². The molecule has 0 aromatic heterocycles. The molecule has 0 rings (SSSR count). The van der Waals surface area contributed by atoms with Gasteiger partial charge in [0, 0.05) is 25.7 Å². The Hall–Kier alpha value is -1.94. The van der Waals surface area contributed by atoms with E-state index in [0.717, 1.165) is 108 Å². The van der Waals surface area contributed by atoms with Crippen molar-refractivity contribution < 1.29 is 80.2 Å². The number of phosphoric ester groups is 2. The van der Waals surface area contributed by atoms with Gasteiger partial charge in [-0.3, -0.25) is 37.3 Å². The highest BCUT2D eigenvalue weighted by atomic mass is 31.2. The summed E-state index contributed by atoms with van der Waals surface area (Å²) < 4.78 is 68.2. The van der Waals surface area contributed by atoms with Gasteiger partial charge in [-0.05, 0) is 43.4 Å². The number of aliphatic hydroxyl groups excluding tert-OH is 1. The van der Waals surface area contributed by atoms with E-state index in [-0.39, 0.29) is 25.7 Å². The first-order valence-corrected chi connectivity index (χ1v) is 38.8. The third kappa shape index (κ3) is 62.8. The predicted octanol–water partition coefficient (Wildman–Crippen LogP) is 19.5. The van der Waals surface area contributed by atoms with Gasteiger partial charge in [-0.25, -0.2) is 9.13 Å². The van der Waals surface area contributed by atoms with Crippen LogP contribution in [-0.4, -0.2) is 96.7 Å². The molecule has 0 aliphatic carbocycles. The molecule has 2 unspecified atom stereocenters. The van der Waals surface area contributed by atoms with Gasteiger partial charge in [0.15, 0.2) is 12.2 Å². The quantitative estimate of drug-likeness (QED) is 0.0222. The normalized spacial score (nSPS) is 14.2. The molecule has 0 saturated carbocycles. The molecular weight excluding hydrogens is 1160 g/mol. The highest BCUT2D eigenvalue weighted by Gasteiger charge is 2.30. The van der Waals surface area contributed by atoms with Gasteiger partial charge in [-0.1, -0.05) is 292 Å². The van der Waals surface area contributed by atoms with Crippen LogP contribution in [0.15, 0.2) is 0 Å². The van der Waals surface area contributed by atoms with Crippen LogP contribution < -0.4 is 0 Å². The molecule has 0 aliphatic rings. The van der Waals surface area contributed by atoms with Crippen molar-refractivity contribution in [2.75, 3.05) is 39.6 Å². The molecule has 0 bridgehead atoms. The second-order valence-corrected chi connectivity index (χ2v) is 29.3. The summed E-state index contributed by atoms with van der Waals surface area (Å²) in [5.74, 6) is 0.105. The number of ether oxygens (including phenoxy) is 4. The molecule has 0 fully saturated rings. The number of aliphatic hydroxyl groups is 1. The van der Waals surface area contributed by atoms with Gasteiger partial charge in [0.1, 0.15) is 19.3 Å². The van der Waals surface area contributed by atoms with Crippen LogP contribution in [0.25, 0.3) is 0 Å². The Morgan fingerprint density at radius 1 is 0.307 bits per heavy atom. The number of esters is 4. The fourth-order valence-electron chi connectivity index (χ4n) is 10.4. The molecule has 19 heteroatoms. The minimum Gasteiger partial charge on any atom is -0.462 e. The highest BCUT2D eigenvalue weighted by molar-refractivity contribution is 7.47. The Labute approximate surface area is 537 Å². The van der Waals surface area contributed by atoms with E-state index >= 15 is 0 Å². The molecule has 0 heterocycles. The molecule has 0 amide bonds. The number of phosphoric acid groups is 2. The van der Waals surface area contributed by atoms with Crippen LogP contribution in [0.5, 0.6) is 0 Å². The van der Waals surface area contributed by atoms with Gasteiger partial charge in [0.05, 0.1) is 26.4 Å². The Bertz CT molecular complexity index is 1730. The van der Waals surface area contributed by atoms with Crippen LogP contribution >= 0.6 is 15.6 Å². The minimum absolute atomic E-state index is 0.105. The van der Waals surface area contributed by atoms with E-state index in [4.69, 9.17) is 37.0 Å². The summed E-state index contributed by atoms with van der Waals surface area (Å²) >= 11 is 0. The lowest BCUT2D eigenvalue weighted by Crippen LogP contribution is -2.30. The lowest BCUT2D eigenvalue weighted by Gasteiger charge is -2.21. The maximum absolute atomic E-state index is 13.0. The van der Waals surface area contributed by atoms with Crippen molar-refractivity contribution >= 4 is 39.5 Å². The molecule has 88 heavy (non-hydrogen) atoms. The van der Waals surface area contributed by atoms with Crippen LogP contribution in [0.1, 0.15) is 344 Å². The Balaban J connectivity index is 5.26. The number of carbonyl (C=O) groups is 4. The molecule has 0 spiro atoms. The topological polar surface area (TPSA) is 237 Å². The van der Waals surface area contributed by atoms with Gasteiger partial charge in [0.25, 0.3) is 0 Å². The van der Waals surface area contributed by atoms with Crippen molar-refractivity contribution in [3.63, 3.8) is 0 Å². The summed E-state index contributed by atoms with van der Waals surface area (Å²) in [6, 6.07) is 0. The van der Waals surface area contributed by atoms with Gasteiger partial charge in [-0.2, -0.15) is 0 Å². The average Bonchev–Trinajstić information content (AvgIpc) is 3.59. The summed E-state index contributed by atoms with van der Waals surface area (Å²) in [7, 11) is -9.90. The summed E-state index contributed by atoms with van der Waals surface area (Å²) in [4.78, 5) is 72.5. The van der Waals surface area contributed by atoms with Crippen molar-refractivity contribution in [1.29, 1.82) is 0 Å². The average molecular weight is 1300 g/mol. The zero-order valence-electron chi connectivity index (χ0n) is 57.2. The third-order valence-corrected chi connectivity index (χ3v) is 17.8. The Morgan fingerprint density at radius 3 is 0.773 bits per heavy atom. The highest BCUT2D eigenvalue weighted by Crippen LogP contribution is 2.45. The monoisotopic (exact) mass is 1300 g/mol. The number of unbranched alkanes of at least 4 members (excludes halogenated alkanes) is 35. The summed E-state index contributed by atoms with van der Waals surface area (Å²) in [6.07, 6.45) is 43.0. The molecule has 0 aliphatic heterocycles. The van der Waals surface area contributed by atoms with Crippen molar-refractivity contribution in [2.24, 2.45) is 17.8 Å². The van der Waals surface area contributed by atoms with Gasteiger partial charge < -0.3 is 33.8 Å². The lowest BCUT2D eigenvalue weighted by atomic mass is 10.0. The summed E-state index contributed by atoms with van der Waals surface area (Å²) in [5.41, 5.74) is 0. The third-order valence-electron chi connectivity index (χ3n) is 15.9. The van der Waals surface area contributed by atoms with Crippen LogP contribution in [0, 0.1) is 17.8 Å². The largest absolute Gasteiger partial charge is 0.472 e. The molecule has 0 radical (unpaired) electrons. The van der Waals surface area contributed by atoms with Crippen LogP contribution in [-0.2, 0) is 65.4 Å². The molecule has 522 valence electrons. The van der Waals surface area contributed by atoms with Crippen LogP contribution in [0.3, 0.4) is 0 Å². The van der Waals surface area contributed by atoms with E-state index < -0.39 is 97.5 Å². The molecule has 0 aromatic rings. The zero-order valence-corrected chi connectivity index (χ0v) is 59.0. The number of rotatable bonds is 67. The van der Waals surface area contributed by atoms with E-state index in [1.807, 2.05) is 0 Å². The van der Waals surface area contributed by atoms with Crippen molar-refractivity contribution in [1.82, 2.24) is 0 Å². The number of hydrogen-bond donors (Lipinski definition) is 3. The van der Waals surface area contributed by atoms with Crippen molar-refractivity contribution in [3.05, 3.63) is 0 Å². The van der Waals surface area contributed by atoms with Crippen LogP contribution in [0.2, 0.25) is 0 Å². The van der Waals surface area contributed by atoms with E-state index in [1.165, 1.54) is 154 Å². The standard InChI is InChI=1S/C69H134O17P2/c1-8-9-10-11-12-13-14-22-29-36-43-50-66(71)79-56-65(86-69(74)53-46-39-32-25-18-21-28-35-42-49-62(6)7)59-84-88(77,78)82-55-63(70)54-81-87(75,76)83-58-64(57-80-67(72)51-44-37-30-24-17-20-27-34-41-48-61(4)5)85-68(73)52-45-38-31-23-16-15-19-26-33-40-47-60(2)3/h60-65,70H,8-59H2,1-7H3,(H,75,76)(H,77,78)/t63-,64-,65-/m1/s1. The Morgan fingerprint density at radius 2 is 0.523 bits per heavy atom. The molecule has 0 aromatic carbocycles. The summed E-state index contributed by atoms with van der Waals surface area (Å²) in [6.45, 7) is 11.8. The first kappa shape index (κ1) is 86.1. The smallest absolute Gasteiger partial charge is 0.462 e. The summed E-state index contributed by atoms with van der Waals surface area (Å²) in [5, 5.41) is 10.6. The van der Waals surface area contributed by atoms with Gasteiger partial charge >= 0.3 is 39.5 Å². The fourth-order valence-corrected chi connectivity index (χ4v) is 11.9. The van der Waals surface area contributed by atoms with E-state index in [9.17, 15) is 43.2 Å². The molecule has 0 saturated heterocycles. The maximum Gasteiger partial charge on any atom is 0.472 e. The second-order valence-electron chi connectivity index (χ2n) is 26.3. The first-order chi connectivity index (χ1) is 42.2. The first-order valence-electron chi connectivity index (χ1n) is 35.8. The minimum atomic E-state index is -4.95. The van der Waals surface area contributed by atoms with Crippen LogP contribution in [0.4, 0.5) is 0 Å².